The zero-order chi connectivity index (χ0) is 13.1. The molecule has 0 amide bonds. The first kappa shape index (κ1) is 12.5. The van der Waals surface area contributed by atoms with Gasteiger partial charge in [0.05, 0.1) is 0 Å². The lowest BCUT2D eigenvalue weighted by molar-refractivity contribution is 0.0695. The second-order valence-electron chi connectivity index (χ2n) is 5.29. The lowest BCUT2D eigenvalue weighted by Crippen LogP contribution is -2.61. The van der Waals surface area contributed by atoms with Crippen LogP contribution in [0.2, 0.25) is 0 Å². The van der Waals surface area contributed by atoms with E-state index in [1.54, 1.807) is 6.20 Å². The fraction of sp³-hybridized carbons (Fsp3) is 0.571. The summed E-state index contributed by atoms with van der Waals surface area (Å²) in [6, 6.07) is 6.75. The van der Waals surface area contributed by atoms with Crippen molar-refractivity contribution in [2.75, 3.05) is 39.3 Å². The Morgan fingerprint density at radius 2 is 2.11 bits per heavy atom. The van der Waals surface area contributed by atoms with E-state index in [0.29, 0.717) is 5.69 Å². The molecule has 2 aliphatic rings. The van der Waals surface area contributed by atoms with Crippen molar-refractivity contribution in [3.8, 4) is 6.07 Å². The van der Waals surface area contributed by atoms with Crippen molar-refractivity contribution in [3.63, 3.8) is 0 Å². The van der Waals surface area contributed by atoms with E-state index in [4.69, 9.17) is 5.26 Å². The topological polar surface area (TPSA) is 55.2 Å². The van der Waals surface area contributed by atoms with Gasteiger partial charge in [-0.05, 0) is 17.7 Å². The Morgan fingerprint density at radius 1 is 1.32 bits per heavy atom. The maximum atomic E-state index is 8.86. The summed E-state index contributed by atoms with van der Waals surface area (Å²) in [5, 5.41) is 12.2. The van der Waals surface area contributed by atoms with Crippen molar-refractivity contribution in [1.29, 1.82) is 5.26 Å². The van der Waals surface area contributed by atoms with E-state index in [9.17, 15) is 0 Å². The second kappa shape index (κ2) is 5.66. The van der Waals surface area contributed by atoms with Crippen LogP contribution in [0.1, 0.15) is 11.3 Å². The van der Waals surface area contributed by atoms with Gasteiger partial charge in [0, 0.05) is 58.1 Å². The van der Waals surface area contributed by atoms with Gasteiger partial charge in [0.25, 0.3) is 0 Å². The van der Waals surface area contributed by atoms with Gasteiger partial charge in [-0.1, -0.05) is 0 Å². The van der Waals surface area contributed by atoms with Gasteiger partial charge in [-0.15, -0.1) is 0 Å². The van der Waals surface area contributed by atoms with E-state index in [2.05, 4.69) is 26.2 Å². The highest BCUT2D eigenvalue weighted by molar-refractivity contribution is 5.25. The molecule has 1 aromatic heterocycles. The Bertz CT molecular complexity index is 469. The SMILES string of the molecule is N#Cc1cc(CN2CCN(C3CNC3)CC2)ccn1. The average molecular weight is 257 g/mol. The predicted octanol–water partition coefficient (Wildman–Crippen LogP) is 0.0427. The van der Waals surface area contributed by atoms with E-state index in [1.807, 2.05) is 12.1 Å². The third-order valence-corrected chi connectivity index (χ3v) is 4.03. The van der Waals surface area contributed by atoms with Crippen LogP contribution in [0.25, 0.3) is 0 Å². The lowest BCUT2D eigenvalue weighted by atomic mass is 10.1. The monoisotopic (exact) mass is 257 g/mol. The zero-order valence-electron chi connectivity index (χ0n) is 11.0. The molecule has 0 unspecified atom stereocenters. The molecule has 3 heterocycles. The Hall–Kier alpha value is -1.48. The fourth-order valence-corrected chi connectivity index (χ4v) is 2.71. The Balaban J connectivity index is 1.52. The van der Waals surface area contributed by atoms with Crippen LogP contribution in [0, 0.1) is 11.3 Å². The smallest absolute Gasteiger partial charge is 0.140 e. The van der Waals surface area contributed by atoms with Crippen LogP contribution >= 0.6 is 0 Å². The summed E-state index contributed by atoms with van der Waals surface area (Å²) in [7, 11) is 0. The number of pyridine rings is 1. The molecule has 1 N–H and O–H groups in total. The molecule has 0 saturated carbocycles. The summed E-state index contributed by atoms with van der Waals surface area (Å²) < 4.78 is 0. The van der Waals surface area contributed by atoms with E-state index in [1.165, 1.54) is 5.56 Å². The normalized spacial score (nSPS) is 21.8. The number of aromatic nitrogens is 1. The molecule has 0 aromatic carbocycles. The minimum atomic E-state index is 0.511. The molecular weight excluding hydrogens is 238 g/mol. The molecule has 5 heteroatoms. The van der Waals surface area contributed by atoms with Crippen LogP contribution in [-0.4, -0.2) is 60.1 Å². The molecule has 100 valence electrons. The van der Waals surface area contributed by atoms with Crippen molar-refractivity contribution in [2.24, 2.45) is 0 Å². The molecule has 0 aliphatic carbocycles. The van der Waals surface area contributed by atoms with E-state index in [0.717, 1.165) is 51.9 Å². The molecule has 2 aliphatic heterocycles. The van der Waals surface area contributed by atoms with Gasteiger partial charge >= 0.3 is 0 Å². The van der Waals surface area contributed by atoms with Gasteiger partial charge in [-0.25, -0.2) is 4.98 Å². The highest BCUT2D eigenvalue weighted by Gasteiger charge is 2.27. The quantitative estimate of drug-likeness (QED) is 0.829. The first-order valence-electron chi connectivity index (χ1n) is 6.87. The van der Waals surface area contributed by atoms with E-state index in [-0.39, 0.29) is 0 Å². The van der Waals surface area contributed by atoms with Crippen LogP contribution in [-0.2, 0) is 6.54 Å². The third-order valence-electron chi connectivity index (χ3n) is 4.03. The summed E-state index contributed by atoms with van der Waals surface area (Å²) in [5.74, 6) is 0. The predicted molar refractivity (Wildman–Crippen MR) is 72.5 cm³/mol. The largest absolute Gasteiger partial charge is 0.314 e. The van der Waals surface area contributed by atoms with Gasteiger partial charge in [-0.3, -0.25) is 9.80 Å². The van der Waals surface area contributed by atoms with Crippen molar-refractivity contribution in [1.82, 2.24) is 20.1 Å². The molecule has 1 aromatic rings. The standard InChI is InChI=1S/C14H19N5/c15-8-13-7-12(1-2-17-13)11-18-3-5-19(6-4-18)14-9-16-10-14/h1-2,7,14,16H,3-6,9-11H2. The van der Waals surface area contributed by atoms with E-state index >= 15 is 0 Å². The number of nitriles is 1. The molecular formula is C14H19N5. The van der Waals surface area contributed by atoms with Gasteiger partial charge in [0.2, 0.25) is 0 Å². The van der Waals surface area contributed by atoms with Crippen LogP contribution < -0.4 is 5.32 Å². The van der Waals surface area contributed by atoms with Crippen molar-refractivity contribution in [2.45, 2.75) is 12.6 Å². The van der Waals surface area contributed by atoms with Crippen molar-refractivity contribution < 1.29 is 0 Å². The van der Waals surface area contributed by atoms with Crippen LogP contribution in [0.3, 0.4) is 0 Å². The van der Waals surface area contributed by atoms with E-state index < -0.39 is 0 Å². The van der Waals surface area contributed by atoms with Gasteiger partial charge in [-0.2, -0.15) is 5.26 Å². The number of rotatable bonds is 3. The number of piperazine rings is 1. The number of nitrogens with zero attached hydrogens (tertiary/aromatic N) is 4. The molecule has 0 spiro atoms. The van der Waals surface area contributed by atoms with Crippen LogP contribution in [0.15, 0.2) is 18.3 Å². The summed E-state index contributed by atoms with van der Waals surface area (Å²) in [6.07, 6.45) is 1.73. The fourth-order valence-electron chi connectivity index (χ4n) is 2.71. The highest BCUT2D eigenvalue weighted by atomic mass is 15.3. The third kappa shape index (κ3) is 2.92. The van der Waals surface area contributed by atoms with Crippen molar-refractivity contribution >= 4 is 0 Å². The Morgan fingerprint density at radius 3 is 2.74 bits per heavy atom. The number of nitrogens with one attached hydrogen (secondary N) is 1. The molecule has 2 saturated heterocycles. The zero-order valence-corrected chi connectivity index (χ0v) is 11.0. The first-order chi connectivity index (χ1) is 9.35. The molecule has 5 nitrogen and oxygen atoms in total. The van der Waals surface area contributed by atoms with Crippen molar-refractivity contribution in [3.05, 3.63) is 29.6 Å². The lowest BCUT2D eigenvalue weighted by Gasteiger charge is -2.43. The maximum Gasteiger partial charge on any atom is 0.140 e. The molecule has 19 heavy (non-hydrogen) atoms. The minimum absolute atomic E-state index is 0.511. The Labute approximate surface area is 113 Å². The number of hydrogen-bond acceptors (Lipinski definition) is 5. The molecule has 0 bridgehead atoms. The summed E-state index contributed by atoms with van der Waals surface area (Å²) in [4.78, 5) is 9.05. The highest BCUT2D eigenvalue weighted by Crippen LogP contribution is 2.12. The summed E-state index contributed by atoms with van der Waals surface area (Å²) in [5.41, 5.74) is 1.70. The first-order valence-corrected chi connectivity index (χ1v) is 6.87. The second-order valence-corrected chi connectivity index (χ2v) is 5.29. The molecule has 0 atom stereocenters. The molecule has 0 radical (unpaired) electrons. The van der Waals surface area contributed by atoms with Gasteiger partial charge in [0.1, 0.15) is 11.8 Å². The van der Waals surface area contributed by atoms with Gasteiger partial charge in [0.15, 0.2) is 0 Å². The number of hydrogen-bond donors (Lipinski definition) is 1. The van der Waals surface area contributed by atoms with Crippen LogP contribution in [0.4, 0.5) is 0 Å². The Kier molecular flexibility index (Phi) is 3.74. The maximum absolute atomic E-state index is 8.86. The molecule has 2 fully saturated rings. The average Bonchev–Trinajstić information content (AvgIpc) is 2.39. The van der Waals surface area contributed by atoms with Gasteiger partial charge < -0.3 is 5.32 Å². The molecule has 3 rings (SSSR count). The minimum Gasteiger partial charge on any atom is -0.314 e. The van der Waals surface area contributed by atoms with Crippen LogP contribution in [0.5, 0.6) is 0 Å². The summed E-state index contributed by atoms with van der Waals surface area (Å²) >= 11 is 0. The summed E-state index contributed by atoms with van der Waals surface area (Å²) in [6.45, 7) is 7.76.